The van der Waals surface area contributed by atoms with Crippen LogP contribution in [0.2, 0.25) is 18.1 Å². The zero-order valence-electron chi connectivity index (χ0n) is 14.9. The van der Waals surface area contributed by atoms with Crippen LogP contribution in [0.1, 0.15) is 27.2 Å². The summed E-state index contributed by atoms with van der Waals surface area (Å²) in [7, 11) is 0.0232. The van der Waals surface area contributed by atoms with Gasteiger partial charge in [0.05, 0.1) is 20.0 Å². The quantitative estimate of drug-likeness (QED) is 0.407. The van der Waals surface area contributed by atoms with Gasteiger partial charge in [0.2, 0.25) is 8.32 Å². The van der Waals surface area contributed by atoms with Crippen LogP contribution < -0.4 is 0 Å². The highest BCUT2D eigenvalue weighted by Crippen LogP contribution is 2.38. The van der Waals surface area contributed by atoms with Crippen molar-refractivity contribution in [3.8, 4) is 0 Å². The van der Waals surface area contributed by atoms with E-state index in [1.54, 1.807) is 0 Å². The third kappa shape index (κ3) is 6.72. The van der Waals surface area contributed by atoms with E-state index < -0.39 is 32.5 Å². The van der Waals surface area contributed by atoms with Crippen molar-refractivity contribution in [3.05, 3.63) is 11.8 Å². The highest BCUT2D eigenvalue weighted by atomic mass is 28.4. The minimum Gasteiger partial charge on any atom is -0.547 e. The minimum atomic E-state index is -2.29. The number of aliphatic hydroxyl groups excluding tert-OH is 2. The molecular weight excluding hydrogens is 320 g/mol. The van der Waals surface area contributed by atoms with Gasteiger partial charge in [0.15, 0.2) is 12.2 Å². The lowest BCUT2D eigenvalue weighted by Crippen LogP contribution is -2.41. The van der Waals surface area contributed by atoms with Crippen molar-refractivity contribution in [2.24, 2.45) is 0 Å². The topological polar surface area (TPSA) is 102 Å². The first-order valence-electron chi connectivity index (χ1n) is 7.27. The Kier molecular flexibility index (Phi) is 7.95. The van der Waals surface area contributed by atoms with E-state index in [1.165, 1.54) is 0 Å². The predicted octanol–water partition coefficient (Wildman–Crippen LogP) is 1.35. The summed E-state index contributed by atoms with van der Waals surface area (Å²) in [4.78, 5) is 22.8. The van der Waals surface area contributed by atoms with Crippen LogP contribution in [0.25, 0.3) is 0 Å². The van der Waals surface area contributed by atoms with Gasteiger partial charge in [-0.2, -0.15) is 0 Å². The van der Waals surface area contributed by atoms with Gasteiger partial charge in [0.25, 0.3) is 0 Å². The summed E-state index contributed by atoms with van der Waals surface area (Å²) in [5.41, 5.74) is 0. The predicted molar refractivity (Wildman–Crippen MR) is 87.0 cm³/mol. The average molecular weight is 348 g/mol. The van der Waals surface area contributed by atoms with E-state index in [2.05, 4.69) is 9.47 Å². The Morgan fingerprint density at radius 2 is 1.57 bits per heavy atom. The van der Waals surface area contributed by atoms with Crippen molar-refractivity contribution >= 4 is 20.3 Å². The maximum absolute atomic E-state index is 11.4. The Morgan fingerprint density at radius 3 is 1.96 bits per heavy atom. The number of carbonyl (C=O) groups is 2. The molecule has 23 heavy (non-hydrogen) atoms. The largest absolute Gasteiger partial charge is 0.547 e. The Morgan fingerprint density at radius 1 is 1.09 bits per heavy atom. The van der Waals surface area contributed by atoms with Gasteiger partial charge in [-0.1, -0.05) is 20.8 Å². The zero-order chi connectivity index (χ0) is 18.4. The first-order valence-corrected chi connectivity index (χ1v) is 10.2. The van der Waals surface area contributed by atoms with Gasteiger partial charge in [-0.25, -0.2) is 9.59 Å². The van der Waals surface area contributed by atoms with Crippen molar-refractivity contribution in [3.63, 3.8) is 0 Å². The summed E-state index contributed by atoms with van der Waals surface area (Å²) in [5.74, 6) is -1.51. The van der Waals surface area contributed by atoms with Crippen LogP contribution in [-0.2, 0) is 23.5 Å². The lowest BCUT2D eigenvalue weighted by Gasteiger charge is -2.37. The molecule has 0 aromatic rings. The van der Waals surface area contributed by atoms with E-state index in [4.69, 9.17) is 4.43 Å². The van der Waals surface area contributed by atoms with Gasteiger partial charge in [-0.15, -0.1) is 0 Å². The van der Waals surface area contributed by atoms with E-state index >= 15 is 0 Å². The van der Waals surface area contributed by atoms with Crippen molar-refractivity contribution in [1.82, 2.24) is 0 Å². The number of hydrogen-bond donors (Lipinski definition) is 2. The second-order valence-corrected chi connectivity index (χ2v) is 11.4. The molecule has 0 aliphatic rings. The van der Waals surface area contributed by atoms with Gasteiger partial charge in [-0.3, -0.25) is 0 Å². The summed E-state index contributed by atoms with van der Waals surface area (Å²) < 4.78 is 14.9. The number of carbonyl (C=O) groups excluding carboxylic acids is 2. The molecule has 0 aromatic carbocycles. The number of hydrogen-bond acceptors (Lipinski definition) is 7. The fourth-order valence-electron chi connectivity index (χ4n) is 1.40. The molecule has 0 spiro atoms. The van der Waals surface area contributed by atoms with Gasteiger partial charge in [0.1, 0.15) is 0 Å². The third-order valence-electron chi connectivity index (χ3n) is 3.85. The molecule has 0 fully saturated rings. The molecule has 134 valence electrons. The van der Waals surface area contributed by atoms with E-state index in [1.807, 2.05) is 33.9 Å². The first-order chi connectivity index (χ1) is 10.4. The fraction of sp³-hybridized carbons (Fsp3) is 0.733. The molecule has 0 amide bonds. The normalized spacial score (nSPS) is 15.6. The lowest BCUT2D eigenvalue weighted by molar-refractivity contribution is -0.150. The van der Waals surface area contributed by atoms with Crippen molar-refractivity contribution in [1.29, 1.82) is 0 Å². The first kappa shape index (κ1) is 21.6. The van der Waals surface area contributed by atoms with Gasteiger partial charge in [-0.05, 0) is 24.2 Å². The van der Waals surface area contributed by atoms with Crippen LogP contribution in [0, 0.1) is 0 Å². The molecule has 0 saturated carbocycles. The molecule has 0 saturated heterocycles. The zero-order valence-corrected chi connectivity index (χ0v) is 15.9. The molecule has 0 radical (unpaired) electrons. The average Bonchev–Trinajstić information content (AvgIpc) is 2.43. The van der Waals surface area contributed by atoms with Crippen molar-refractivity contribution in [2.45, 2.75) is 57.5 Å². The Labute approximate surface area is 138 Å². The molecule has 0 unspecified atom stereocenters. The standard InChI is InChI=1S/C15H28O7Si/c1-15(2,3)23(6,7)22-10(8-11(16)13(18)20-4)9-12(17)14(19)21-5/h8,11-12,16-17H,9H2,1-7H3/b10-8+/t11-,12-/m1/s1. The number of ether oxygens (including phenoxy) is 2. The minimum absolute atomic E-state index is 0.140. The van der Waals surface area contributed by atoms with Crippen molar-refractivity contribution in [2.75, 3.05) is 14.2 Å². The summed E-state index contributed by atoms with van der Waals surface area (Å²) in [6.07, 6.45) is -2.03. The Bertz CT molecular complexity index is 451. The molecular formula is C15H28O7Si. The monoisotopic (exact) mass is 348 g/mol. The van der Waals surface area contributed by atoms with Crippen LogP contribution in [0.5, 0.6) is 0 Å². The second-order valence-electron chi connectivity index (χ2n) is 6.71. The Hall–Kier alpha value is -1.38. The lowest BCUT2D eigenvalue weighted by atomic mass is 10.2. The van der Waals surface area contributed by atoms with E-state index in [-0.39, 0.29) is 17.2 Å². The third-order valence-corrected chi connectivity index (χ3v) is 8.23. The molecule has 2 atom stereocenters. The maximum Gasteiger partial charge on any atom is 0.338 e. The summed E-state index contributed by atoms with van der Waals surface area (Å²) in [6, 6.07) is 0. The van der Waals surface area contributed by atoms with E-state index in [0.717, 1.165) is 20.3 Å². The number of methoxy groups -OCH3 is 2. The molecule has 2 N–H and O–H groups in total. The highest BCUT2D eigenvalue weighted by Gasteiger charge is 2.40. The SMILES string of the molecule is COC(=O)[C@H](O)/C=C(\C[C@@H](O)C(=O)OC)O[Si](C)(C)C(C)(C)C. The highest BCUT2D eigenvalue weighted by molar-refractivity contribution is 6.74. The van der Waals surface area contributed by atoms with E-state index in [9.17, 15) is 19.8 Å². The smallest absolute Gasteiger partial charge is 0.338 e. The molecule has 0 rings (SSSR count). The number of rotatable bonds is 7. The molecule has 8 heteroatoms. The molecule has 0 bridgehead atoms. The van der Waals surface area contributed by atoms with Crippen LogP contribution >= 0.6 is 0 Å². The molecule has 0 aliphatic heterocycles. The van der Waals surface area contributed by atoms with E-state index in [0.29, 0.717) is 0 Å². The number of esters is 2. The van der Waals surface area contributed by atoms with Crippen LogP contribution in [0.4, 0.5) is 0 Å². The number of aliphatic hydroxyl groups is 2. The maximum atomic E-state index is 11.4. The molecule has 7 nitrogen and oxygen atoms in total. The van der Waals surface area contributed by atoms with Crippen molar-refractivity contribution < 1.29 is 33.7 Å². The van der Waals surface area contributed by atoms with Gasteiger partial charge >= 0.3 is 11.9 Å². The fourth-order valence-corrected chi connectivity index (χ4v) is 2.51. The second kappa shape index (κ2) is 8.46. The molecule has 0 heterocycles. The summed E-state index contributed by atoms with van der Waals surface area (Å²) in [6.45, 7) is 9.99. The molecule has 0 aliphatic carbocycles. The summed E-state index contributed by atoms with van der Waals surface area (Å²) >= 11 is 0. The molecule has 0 aromatic heterocycles. The van der Waals surface area contributed by atoms with Gasteiger partial charge < -0.3 is 24.1 Å². The van der Waals surface area contributed by atoms with Crippen LogP contribution in [-0.4, -0.2) is 56.9 Å². The Balaban J connectivity index is 5.43. The van der Waals surface area contributed by atoms with Crippen LogP contribution in [0.3, 0.4) is 0 Å². The van der Waals surface area contributed by atoms with Gasteiger partial charge in [0, 0.05) is 6.42 Å². The summed E-state index contributed by atoms with van der Waals surface area (Å²) in [5, 5.41) is 19.5. The van der Waals surface area contributed by atoms with Crippen LogP contribution in [0.15, 0.2) is 11.8 Å².